The van der Waals surface area contributed by atoms with Crippen LogP contribution in [0.4, 0.5) is 13.2 Å². The average molecular weight is 327 g/mol. The molecule has 0 fully saturated rings. The van der Waals surface area contributed by atoms with Gasteiger partial charge in [-0.2, -0.15) is 13.2 Å². The Morgan fingerprint density at radius 1 is 1.22 bits per heavy atom. The summed E-state index contributed by atoms with van der Waals surface area (Å²) in [5, 5.41) is 7.85. The molecule has 0 radical (unpaired) electrons. The summed E-state index contributed by atoms with van der Waals surface area (Å²) in [5.41, 5.74) is -0.761. The third kappa shape index (κ3) is 4.08. The van der Waals surface area contributed by atoms with Crippen LogP contribution in [0.2, 0.25) is 0 Å². The number of hydrogen-bond donors (Lipinski definition) is 0. The molecule has 0 unspecified atom stereocenters. The highest BCUT2D eigenvalue weighted by Crippen LogP contribution is 2.29. The number of hydrogen-bond acceptors (Lipinski definition) is 4. The van der Waals surface area contributed by atoms with E-state index in [0.29, 0.717) is 18.2 Å². The van der Waals surface area contributed by atoms with Crippen LogP contribution in [-0.2, 0) is 24.1 Å². The molecule has 5 nitrogen and oxygen atoms in total. The molecule has 1 heterocycles. The number of benzene rings is 1. The molecular formula is C15H16F3N3O2. The summed E-state index contributed by atoms with van der Waals surface area (Å²) >= 11 is 0. The first kappa shape index (κ1) is 17.0. The lowest BCUT2D eigenvalue weighted by molar-refractivity contribution is -0.137. The van der Waals surface area contributed by atoms with E-state index < -0.39 is 17.7 Å². The maximum atomic E-state index is 12.5. The number of nitrogens with zero attached hydrogens (tertiary/aromatic N) is 3. The van der Waals surface area contributed by atoms with Gasteiger partial charge in [0, 0.05) is 6.54 Å². The number of aromatic nitrogens is 3. The SMILES string of the molecule is CCCn1c(C)nnc1COC(=O)c1ccc(C(F)(F)F)cc1. The molecule has 23 heavy (non-hydrogen) atoms. The quantitative estimate of drug-likeness (QED) is 0.790. The van der Waals surface area contributed by atoms with E-state index in [4.69, 9.17) is 4.74 Å². The molecule has 0 spiro atoms. The van der Waals surface area contributed by atoms with Crippen molar-refractivity contribution in [1.29, 1.82) is 0 Å². The second kappa shape index (κ2) is 6.80. The molecule has 0 aliphatic heterocycles. The van der Waals surface area contributed by atoms with Crippen LogP contribution >= 0.6 is 0 Å². The van der Waals surface area contributed by atoms with Crippen LogP contribution in [0.5, 0.6) is 0 Å². The molecule has 0 bridgehead atoms. The first-order chi connectivity index (χ1) is 10.8. The fraction of sp³-hybridized carbons (Fsp3) is 0.400. The van der Waals surface area contributed by atoms with E-state index in [1.54, 1.807) is 6.92 Å². The monoisotopic (exact) mass is 327 g/mol. The first-order valence-electron chi connectivity index (χ1n) is 7.06. The summed E-state index contributed by atoms with van der Waals surface area (Å²) in [7, 11) is 0. The second-order valence-corrected chi connectivity index (χ2v) is 4.97. The Morgan fingerprint density at radius 3 is 2.43 bits per heavy atom. The average Bonchev–Trinajstić information content (AvgIpc) is 2.85. The second-order valence-electron chi connectivity index (χ2n) is 4.97. The van der Waals surface area contributed by atoms with Crippen LogP contribution in [0.1, 0.15) is 40.9 Å². The largest absolute Gasteiger partial charge is 0.454 e. The van der Waals surface area contributed by atoms with E-state index >= 15 is 0 Å². The number of ether oxygens (including phenoxy) is 1. The van der Waals surface area contributed by atoms with Crippen molar-refractivity contribution in [3.05, 3.63) is 47.0 Å². The van der Waals surface area contributed by atoms with Gasteiger partial charge in [-0.1, -0.05) is 6.92 Å². The number of halogens is 3. The minimum Gasteiger partial charge on any atom is -0.454 e. The maximum Gasteiger partial charge on any atom is 0.416 e. The Balaban J connectivity index is 2.03. The van der Waals surface area contributed by atoms with Crippen LogP contribution in [-0.4, -0.2) is 20.7 Å². The highest BCUT2D eigenvalue weighted by molar-refractivity contribution is 5.89. The molecule has 2 rings (SSSR count). The van der Waals surface area contributed by atoms with Gasteiger partial charge >= 0.3 is 12.1 Å². The topological polar surface area (TPSA) is 57.0 Å². The van der Waals surface area contributed by atoms with Gasteiger partial charge in [-0.15, -0.1) is 10.2 Å². The molecule has 2 aromatic rings. The molecule has 0 amide bonds. The zero-order valence-electron chi connectivity index (χ0n) is 12.7. The summed E-state index contributed by atoms with van der Waals surface area (Å²) in [6.07, 6.45) is -3.56. The zero-order valence-corrected chi connectivity index (χ0v) is 12.7. The van der Waals surface area contributed by atoms with Gasteiger partial charge in [-0.25, -0.2) is 4.79 Å². The zero-order chi connectivity index (χ0) is 17.0. The van der Waals surface area contributed by atoms with Gasteiger partial charge in [-0.3, -0.25) is 0 Å². The predicted octanol–water partition coefficient (Wildman–Crippen LogP) is 3.37. The van der Waals surface area contributed by atoms with E-state index in [0.717, 1.165) is 30.7 Å². The van der Waals surface area contributed by atoms with Gasteiger partial charge in [0.05, 0.1) is 11.1 Å². The molecule has 124 valence electrons. The predicted molar refractivity (Wildman–Crippen MR) is 75.6 cm³/mol. The normalized spacial score (nSPS) is 11.5. The number of alkyl halides is 3. The first-order valence-corrected chi connectivity index (χ1v) is 7.06. The Hall–Kier alpha value is -2.38. The minimum atomic E-state index is -4.43. The third-order valence-corrected chi connectivity index (χ3v) is 3.24. The van der Waals surface area contributed by atoms with Crippen molar-refractivity contribution in [3.8, 4) is 0 Å². The smallest absolute Gasteiger partial charge is 0.416 e. The van der Waals surface area contributed by atoms with E-state index in [1.807, 2.05) is 11.5 Å². The number of aryl methyl sites for hydroxylation is 1. The Morgan fingerprint density at radius 2 is 1.87 bits per heavy atom. The number of carbonyl (C=O) groups is 1. The van der Waals surface area contributed by atoms with Gasteiger partial charge in [0.25, 0.3) is 0 Å². The standard InChI is InChI=1S/C15H16F3N3O2/c1-3-8-21-10(2)19-20-13(21)9-23-14(22)11-4-6-12(7-5-11)15(16,17)18/h4-7H,3,8-9H2,1-2H3. The van der Waals surface area contributed by atoms with Crippen LogP contribution in [0.3, 0.4) is 0 Å². The summed E-state index contributed by atoms with van der Waals surface area (Å²) in [6, 6.07) is 3.88. The molecule has 0 aliphatic carbocycles. The summed E-state index contributed by atoms with van der Waals surface area (Å²) in [4.78, 5) is 11.9. The third-order valence-electron chi connectivity index (χ3n) is 3.24. The molecule has 0 N–H and O–H groups in total. The molecular weight excluding hydrogens is 311 g/mol. The highest BCUT2D eigenvalue weighted by atomic mass is 19.4. The lowest BCUT2D eigenvalue weighted by Gasteiger charge is -2.09. The molecule has 0 saturated carbocycles. The van der Waals surface area contributed by atoms with Crippen molar-refractivity contribution in [2.24, 2.45) is 0 Å². The Bertz CT molecular complexity index is 678. The summed E-state index contributed by atoms with van der Waals surface area (Å²) < 4.78 is 44.4. The van der Waals surface area contributed by atoms with E-state index in [9.17, 15) is 18.0 Å². The van der Waals surface area contributed by atoms with Crippen molar-refractivity contribution in [3.63, 3.8) is 0 Å². The van der Waals surface area contributed by atoms with Gasteiger partial charge in [0.15, 0.2) is 12.4 Å². The van der Waals surface area contributed by atoms with Crippen molar-refractivity contribution in [1.82, 2.24) is 14.8 Å². The van der Waals surface area contributed by atoms with Gasteiger partial charge < -0.3 is 9.30 Å². The minimum absolute atomic E-state index is 0.0521. The number of rotatable bonds is 5. The number of carbonyl (C=O) groups excluding carboxylic acids is 1. The molecule has 0 aliphatic rings. The van der Waals surface area contributed by atoms with Gasteiger partial charge in [0.1, 0.15) is 5.82 Å². The van der Waals surface area contributed by atoms with Crippen LogP contribution in [0.25, 0.3) is 0 Å². The van der Waals surface area contributed by atoms with Gasteiger partial charge in [-0.05, 0) is 37.6 Å². The van der Waals surface area contributed by atoms with Crippen LogP contribution < -0.4 is 0 Å². The molecule has 8 heteroatoms. The molecule has 0 saturated heterocycles. The Kier molecular flexibility index (Phi) is 5.02. The summed E-state index contributed by atoms with van der Waals surface area (Å²) in [6.45, 7) is 4.41. The van der Waals surface area contributed by atoms with Gasteiger partial charge in [0.2, 0.25) is 0 Å². The highest BCUT2D eigenvalue weighted by Gasteiger charge is 2.30. The maximum absolute atomic E-state index is 12.5. The van der Waals surface area contributed by atoms with E-state index in [1.165, 1.54) is 0 Å². The lowest BCUT2D eigenvalue weighted by atomic mass is 10.1. The lowest BCUT2D eigenvalue weighted by Crippen LogP contribution is -2.11. The summed E-state index contributed by atoms with van der Waals surface area (Å²) in [5.74, 6) is 0.513. The molecule has 1 aromatic heterocycles. The van der Waals surface area contributed by atoms with Crippen molar-refractivity contribution in [2.45, 2.75) is 39.6 Å². The van der Waals surface area contributed by atoms with Crippen molar-refractivity contribution < 1.29 is 22.7 Å². The van der Waals surface area contributed by atoms with Crippen LogP contribution in [0.15, 0.2) is 24.3 Å². The fourth-order valence-corrected chi connectivity index (χ4v) is 2.05. The molecule has 0 atom stereocenters. The van der Waals surface area contributed by atoms with E-state index in [-0.39, 0.29) is 12.2 Å². The van der Waals surface area contributed by atoms with Crippen LogP contribution in [0, 0.1) is 6.92 Å². The fourth-order valence-electron chi connectivity index (χ4n) is 2.05. The molecule has 1 aromatic carbocycles. The number of esters is 1. The Labute approximate surface area is 131 Å². The van der Waals surface area contributed by atoms with Crippen molar-refractivity contribution in [2.75, 3.05) is 0 Å². The van der Waals surface area contributed by atoms with E-state index in [2.05, 4.69) is 10.2 Å². The van der Waals surface area contributed by atoms with Crippen molar-refractivity contribution >= 4 is 5.97 Å².